The lowest BCUT2D eigenvalue weighted by Crippen LogP contribution is -2.18. The van der Waals surface area contributed by atoms with Crippen LogP contribution in [-0.2, 0) is 9.53 Å². The molecule has 1 atom stereocenters. The average molecular weight is 535 g/mol. The van der Waals surface area contributed by atoms with Crippen LogP contribution in [0.4, 0.5) is 21.6 Å². The number of rotatable bonds is 8. The summed E-state index contributed by atoms with van der Waals surface area (Å²) >= 11 is 5.94. The van der Waals surface area contributed by atoms with Gasteiger partial charge in [-0.15, -0.1) is 0 Å². The number of fused-ring (bicyclic) bond motifs is 1. The Bertz CT molecular complexity index is 1490. The van der Waals surface area contributed by atoms with Gasteiger partial charge in [-0.3, -0.25) is 4.79 Å². The minimum atomic E-state index is -0.518. The summed E-state index contributed by atoms with van der Waals surface area (Å²) in [6.07, 6.45) is 5.16. The second-order valence-electron chi connectivity index (χ2n) is 8.54. The molecule has 1 unspecified atom stereocenters. The van der Waals surface area contributed by atoms with Gasteiger partial charge in [0.25, 0.3) is 0 Å². The molecular weight excluding hydrogens is 511 g/mol. The molecule has 4 aromatic rings. The maximum Gasteiger partial charge on any atom is 0.248 e. The third-order valence-corrected chi connectivity index (χ3v) is 6.19. The van der Waals surface area contributed by atoms with Gasteiger partial charge < -0.3 is 24.8 Å². The van der Waals surface area contributed by atoms with Crippen LogP contribution in [0, 0.1) is 5.82 Å². The summed E-state index contributed by atoms with van der Waals surface area (Å²) in [7, 11) is 1.60. The van der Waals surface area contributed by atoms with Crippen LogP contribution in [0.25, 0.3) is 17.0 Å². The molecule has 1 aromatic heterocycles. The summed E-state index contributed by atoms with van der Waals surface area (Å²) < 4.78 is 30.4. The van der Waals surface area contributed by atoms with Crippen LogP contribution in [0.1, 0.15) is 12.0 Å². The topological polar surface area (TPSA) is 94.6 Å². The van der Waals surface area contributed by atoms with Crippen molar-refractivity contribution in [1.82, 2.24) is 9.97 Å². The van der Waals surface area contributed by atoms with E-state index in [0.29, 0.717) is 47.1 Å². The zero-order valence-electron chi connectivity index (χ0n) is 20.4. The van der Waals surface area contributed by atoms with Crippen molar-refractivity contribution in [2.24, 2.45) is 0 Å². The number of carbonyl (C=O) groups is 1. The Morgan fingerprint density at radius 2 is 2.00 bits per heavy atom. The number of nitrogens with zero attached hydrogens (tertiary/aromatic N) is 2. The fraction of sp³-hybridized carbons (Fsp3) is 0.179. The van der Waals surface area contributed by atoms with E-state index >= 15 is 0 Å². The van der Waals surface area contributed by atoms with Gasteiger partial charge in [-0.1, -0.05) is 23.7 Å². The van der Waals surface area contributed by atoms with Crippen molar-refractivity contribution in [3.63, 3.8) is 0 Å². The molecule has 1 fully saturated rings. The van der Waals surface area contributed by atoms with Gasteiger partial charge in [-0.25, -0.2) is 14.4 Å². The van der Waals surface area contributed by atoms with Crippen LogP contribution in [0.3, 0.4) is 0 Å². The molecule has 1 saturated heterocycles. The summed E-state index contributed by atoms with van der Waals surface area (Å²) in [4.78, 5) is 21.6. The van der Waals surface area contributed by atoms with Crippen molar-refractivity contribution >= 4 is 51.7 Å². The van der Waals surface area contributed by atoms with E-state index in [9.17, 15) is 9.18 Å². The van der Waals surface area contributed by atoms with Gasteiger partial charge >= 0.3 is 0 Å². The number of aromatic nitrogens is 2. The summed E-state index contributed by atoms with van der Waals surface area (Å²) in [5, 5.41) is 6.66. The summed E-state index contributed by atoms with van der Waals surface area (Å²) in [5.41, 5.74) is 2.44. The number of nitrogens with one attached hydrogen (secondary N) is 2. The predicted octanol–water partition coefficient (Wildman–Crippen LogP) is 5.99. The van der Waals surface area contributed by atoms with Gasteiger partial charge in [0, 0.05) is 29.6 Å². The normalized spacial score (nSPS) is 15.1. The average Bonchev–Trinajstić information content (AvgIpc) is 3.44. The highest BCUT2D eigenvalue weighted by Gasteiger charge is 2.21. The van der Waals surface area contributed by atoms with Crippen molar-refractivity contribution in [2.45, 2.75) is 12.5 Å². The molecule has 38 heavy (non-hydrogen) atoms. The van der Waals surface area contributed by atoms with Gasteiger partial charge in [-0.2, -0.15) is 0 Å². The van der Waals surface area contributed by atoms with Crippen molar-refractivity contribution in [1.29, 1.82) is 0 Å². The molecule has 0 saturated carbocycles. The van der Waals surface area contributed by atoms with E-state index in [1.165, 1.54) is 24.5 Å². The molecular formula is C28H24ClFN4O4. The number of benzene rings is 3. The first-order valence-corrected chi connectivity index (χ1v) is 12.2. The lowest BCUT2D eigenvalue weighted by Gasteiger charge is -2.17. The van der Waals surface area contributed by atoms with E-state index in [2.05, 4.69) is 20.6 Å². The lowest BCUT2D eigenvalue weighted by molar-refractivity contribution is -0.111. The molecule has 3 aromatic carbocycles. The summed E-state index contributed by atoms with van der Waals surface area (Å²) in [5.74, 6) is 0.792. The minimum absolute atomic E-state index is 0.0144. The van der Waals surface area contributed by atoms with Gasteiger partial charge in [0.2, 0.25) is 5.91 Å². The first kappa shape index (κ1) is 25.4. The van der Waals surface area contributed by atoms with Crippen molar-refractivity contribution in [3.05, 3.63) is 83.4 Å². The Balaban J connectivity index is 1.45. The zero-order valence-corrected chi connectivity index (χ0v) is 21.2. The van der Waals surface area contributed by atoms with Crippen LogP contribution in [0.2, 0.25) is 5.02 Å². The van der Waals surface area contributed by atoms with E-state index in [1.54, 1.807) is 31.4 Å². The molecule has 0 bridgehead atoms. The van der Waals surface area contributed by atoms with E-state index in [4.69, 9.17) is 25.8 Å². The number of halogens is 2. The second-order valence-corrected chi connectivity index (χ2v) is 8.95. The number of ether oxygens (including phenoxy) is 3. The van der Waals surface area contributed by atoms with Gasteiger partial charge in [-0.05, 0) is 48.0 Å². The molecule has 1 aliphatic rings. The monoisotopic (exact) mass is 534 g/mol. The molecule has 2 heterocycles. The summed E-state index contributed by atoms with van der Waals surface area (Å²) in [6, 6.07) is 15.1. The number of hydrogen-bond acceptors (Lipinski definition) is 7. The standard InChI is InChI=1S/C28H24ClFN4O4/c1-36-19-6-2-17(3-7-19)4-9-27(35)34-25-13-21-24(14-26(25)38-20-10-11-37-15-20)31-16-32-28(21)33-18-5-8-23(30)22(29)12-18/h2-9,12-14,16,20H,10-11,15H2,1H3,(H,34,35)(H,31,32,33). The molecule has 1 amide bonds. The number of methoxy groups -OCH3 is 1. The molecule has 194 valence electrons. The van der Waals surface area contributed by atoms with Crippen molar-refractivity contribution in [2.75, 3.05) is 31.0 Å². The smallest absolute Gasteiger partial charge is 0.248 e. The number of amides is 1. The highest BCUT2D eigenvalue weighted by molar-refractivity contribution is 6.31. The van der Waals surface area contributed by atoms with E-state index in [1.807, 2.05) is 24.3 Å². The van der Waals surface area contributed by atoms with Crippen LogP contribution in [0.15, 0.2) is 67.0 Å². The second kappa shape index (κ2) is 11.5. The molecule has 0 spiro atoms. The molecule has 0 aliphatic carbocycles. The fourth-order valence-corrected chi connectivity index (χ4v) is 4.12. The van der Waals surface area contributed by atoms with E-state index < -0.39 is 5.82 Å². The maximum absolute atomic E-state index is 13.6. The number of anilines is 3. The van der Waals surface area contributed by atoms with Crippen LogP contribution in [-0.4, -0.2) is 42.3 Å². The van der Waals surface area contributed by atoms with E-state index in [0.717, 1.165) is 17.7 Å². The molecule has 2 N–H and O–H groups in total. The van der Waals surface area contributed by atoms with Crippen LogP contribution < -0.4 is 20.1 Å². The lowest BCUT2D eigenvalue weighted by atomic mass is 10.1. The molecule has 5 rings (SSSR count). The largest absolute Gasteiger partial charge is 0.497 e. The van der Waals surface area contributed by atoms with Gasteiger partial charge in [0.15, 0.2) is 0 Å². The maximum atomic E-state index is 13.6. The molecule has 0 radical (unpaired) electrons. The molecule has 10 heteroatoms. The number of carbonyl (C=O) groups excluding carboxylic acids is 1. The minimum Gasteiger partial charge on any atom is -0.497 e. The van der Waals surface area contributed by atoms with Crippen LogP contribution >= 0.6 is 11.6 Å². The van der Waals surface area contributed by atoms with Crippen molar-refractivity contribution in [3.8, 4) is 11.5 Å². The predicted molar refractivity (Wildman–Crippen MR) is 145 cm³/mol. The van der Waals surface area contributed by atoms with E-state index in [-0.39, 0.29) is 17.0 Å². The highest BCUT2D eigenvalue weighted by Crippen LogP contribution is 2.35. The Labute approximate surface area is 223 Å². The van der Waals surface area contributed by atoms with Crippen LogP contribution in [0.5, 0.6) is 11.5 Å². The third-order valence-electron chi connectivity index (χ3n) is 5.90. The Kier molecular flexibility index (Phi) is 7.67. The Morgan fingerprint density at radius 1 is 1.16 bits per heavy atom. The van der Waals surface area contributed by atoms with Gasteiger partial charge in [0.05, 0.1) is 36.6 Å². The fourth-order valence-electron chi connectivity index (χ4n) is 3.94. The summed E-state index contributed by atoms with van der Waals surface area (Å²) in [6.45, 7) is 1.08. The molecule has 1 aliphatic heterocycles. The Hall–Kier alpha value is -4.21. The third kappa shape index (κ3) is 6.01. The quantitative estimate of drug-likeness (QED) is 0.268. The first-order valence-electron chi connectivity index (χ1n) is 11.9. The Morgan fingerprint density at radius 3 is 2.74 bits per heavy atom. The zero-order chi connectivity index (χ0) is 26.5. The van der Waals surface area contributed by atoms with Crippen molar-refractivity contribution < 1.29 is 23.4 Å². The SMILES string of the molecule is COc1ccc(C=CC(=O)Nc2cc3c(Nc4ccc(F)c(Cl)c4)ncnc3cc2OC2CCOC2)cc1. The highest BCUT2D eigenvalue weighted by atomic mass is 35.5. The number of hydrogen-bond donors (Lipinski definition) is 2. The molecule has 8 nitrogen and oxygen atoms in total. The van der Waals surface area contributed by atoms with Gasteiger partial charge in [0.1, 0.15) is 35.6 Å². The first-order chi connectivity index (χ1) is 18.5.